The summed E-state index contributed by atoms with van der Waals surface area (Å²) in [6.07, 6.45) is 3.56. The van der Waals surface area contributed by atoms with Crippen molar-refractivity contribution in [1.29, 1.82) is 0 Å². The van der Waals surface area contributed by atoms with Gasteiger partial charge in [0, 0.05) is 24.3 Å². The van der Waals surface area contributed by atoms with Gasteiger partial charge in [-0.2, -0.15) is 0 Å². The summed E-state index contributed by atoms with van der Waals surface area (Å²) in [6, 6.07) is 18.2. The van der Waals surface area contributed by atoms with Crippen LogP contribution >= 0.6 is 0 Å². The molecule has 2 aromatic carbocycles. The monoisotopic (exact) mass is 361 g/mol. The van der Waals surface area contributed by atoms with E-state index in [1.165, 1.54) is 11.6 Å². The summed E-state index contributed by atoms with van der Waals surface area (Å²) < 4.78 is 13.7. The second kappa shape index (κ2) is 7.58. The van der Waals surface area contributed by atoms with Crippen LogP contribution < -0.4 is 10.2 Å². The Kier molecular flexibility index (Phi) is 4.83. The Bertz CT molecular complexity index is 956. The van der Waals surface area contributed by atoms with E-state index in [9.17, 15) is 9.18 Å². The Morgan fingerprint density at radius 1 is 1.07 bits per heavy atom. The summed E-state index contributed by atoms with van der Waals surface area (Å²) in [6.45, 7) is 1.06. The van der Waals surface area contributed by atoms with E-state index in [-0.39, 0.29) is 11.7 Å². The molecule has 1 aliphatic heterocycles. The highest BCUT2D eigenvalue weighted by molar-refractivity contribution is 6.05. The topological polar surface area (TPSA) is 45.2 Å². The molecule has 5 heteroatoms. The van der Waals surface area contributed by atoms with Crippen LogP contribution in [0.4, 0.5) is 15.8 Å². The van der Waals surface area contributed by atoms with Crippen molar-refractivity contribution >= 4 is 17.3 Å². The quantitative estimate of drug-likeness (QED) is 0.748. The van der Waals surface area contributed by atoms with Crippen molar-refractivity contribution in [2.45, 2.75) is 19.4 Å². The van der Waals surface area contributed by atoms with Crippen LogP contribution in [0.5, 0.6) is 0 Å². The van der Waals surface area contributed by atoms with E-state index in [4.69, 9.17) is 0 Å². The first-order chi connectivity index (χ1) is 13.2. The fourth-order valence-electron chi connectivity index (χ4n) is 3.35. The molecule has 1 aromatic heterocycles. The molecule has 3 aromatic rings. The van der Waals surface area contributed by atoms with Crippen LogP contribution in [0.15, 0.2) is 66.9 Å². The van der Waals surface area contributed by atoms with Crippen molar-refractivity contribution in [2.24, 2.45) is 0 Å². The number of carbonyl (C=O) groups excluding carboxylic acids is 1. The van der Waals surface area contributed by atoms with Gasteiger partial charge >= 0.3 is 0 Å². The van der Waals surface area contributed by atoms with Gasteiger partial charge in [0.2, 0.25) is 0 Å². The van der Waals surface area contributed by atoms with Crippen molar-refractivity contribution in [2.75, 3.05) is 16.8 Å². The minimum absolute atomic E-state index is 0.0946. The Labute approximate surface area is 157 Å². The van der Waals surface area contributed by atoms with Gasteiger partial charge in [-0.15, -0.1) is 0 Å². The van der Waals surface area contributed by atoms with E-state index in [0.717, 1.165) is 24.2 Å². The first kappa shape index (κ1) is 17.2. The van der Waals surface area contributed by atoms with E-state index in [1.54, 1.807) is 41.4 Å². The highest BCUT2D eigenvalue weighted by atomic mass is 19.1. The molecular weight excluding hydrogens is 341 g/mol. The molecule has 0 radical (unpaired) electrons. The third-order valence-electron chi connectivity index (χ3n) is 4.78. The number of para-hydroxylation sites is 1. The molecule has 136 valence electrons. The summed E-state index contributed by atoms with van der Waals surface area (Å²) in [5.41, 5.74) is 3.90. The number of fused-ring (bicyclic) bond motifs is 1. The third-order valence-corrected chi connectivity index (χ3v) is 4.78. The summed E-state index contributed by atoms with van der Waals surface area (Å²) in [5.74, 6) is -0.337. The number of rotatable bonds is 4. The van der Waals surface area contributed by atoms with Gasteiger partial charge in [0.05, 0.1) is 11.9 Å². The van der Waals surface area contributed by atoms with Gasteiger partial charge in [-0.3, -0.25) is 4.79 Å². The second-order valence-corrected chi connectivity index (χ2v) is 6.57. The predicted octanol–water partition coefficient (Wildman–Crippen LogP) is 4.43. The molecule has 1 amide bonds. The van der Waals surface area contributed by atoms with E-state index in [2.05, 4.69) is 16.4 Å². The maximum atomic E-state index is 13.7. The maximum Gasteiger partial charge on any atom is 0.276 e. The lowest BCUT2D eigenvalue weighted by atomic mass is 10.0. The number of halogens is 1. The lowest BCUT2D eigenvalue weighted by Crippen LogP contribution is -2.35. The van der Waals surface area contributed by atoms with Crippen molar-refractivity contribution in [3.05, 3.63) is 89.5 Å². The van der Waals surface area contributed by atoms with Crippen LogP contribution in [-0.2, 0) is 13.0 Å². The van der Waals surface area contributed by atoms with Gasteiger partial charge in [-0.05, 0) is 42.7 Å². The molecule has 0 fully saturated rings. The van der Waals surface area contributed by atoms with Crippen molar-refractivity contribution in [1.82, 2.24) is 4.98 Å². The Balaban J connectivity index is 1.46. The fourth-order valence-corrected chi connectivity index (χ4v) is 3.35. The minimum atomic E-state index is -0.242. The van der Waals surface area contributed by atoms with Crippen LogP contribution in [0.3, 0.4) is 0 Å². The number of aryl methyl sites for hydroxylation is 1. The largest absolute Gasteiger partial charge is 0.380 e. The summed E-state index contributed by atoms with van der Waals surface area (Å²) in [5, 5.41) is 3.14. The van der Waals surface area contributed by atoms with Crippen molar-refractivity contribution in [3.63, 3.8) is 0 Å². The number of aromatic nitrogens is 1. The SMILES string of the molecule is O=C(c1ccc(NCc2ccccc2F)cn1)N1CCCc2ccccc21. The Morgan fingerprint density at radius 2 is 1.89 bits per heavy atom. The first-order valence-electron chi connectivity index (χ1n) is 9.05. The molecule has 0 saturated heterocycles. The van der Waals surface area contributed by atoms with Crippen LogP contribution in [0, 0.1) is 5.82 Å². The molecule has 0 saturated carbocycles. The van der Waals surface area contributed by atoms with Gasteiger partial charge in [-0.1, -0.05) is 36.4 Å². The van der Waals surface area contributed by atoms with Crippen molar-refractivity contribution in [3.8, 4) is 0 Å². The first-order valence-corrected chi connectivity index (χ1v) is 9.05. The zero-order chi connectivity index (χ0) is 18.6. The zero-order valence-electron chi connectivity index (χ0n) is 14.9. The number of carbonyl (C=O) groups is 1. The average Bonchev–Trinajstić information content (AvgIpc) is 2.73. The maximum absolute atomic E-state index is 13.7. The van der Waals surface area contributed by atoms with E-state index < -0.39 is 0 Å². The molecule has 0 bridgehead atoms. The van der Waals surface area contributed by atoms with Crippen LogP contribution in [-0.4, -0.2) is 17.4 Å². The molecule has 27 heavy (non-hydrogen) atoms. The number of nitrogens with zero attached hydrogens (tertiary/aromatic N) is 2. The number of benzene rings is 2. The summed E-state index contributed by atoms with van der Waals surface area (Å²) in [4.78, 5) is 19.0. The summed E-state index contributed by atoms with van der Waals surface area (Å²) in [7, 11) is 0. The Hall–Kier alpha value is -3.21. The smallest absolute Gasteiger partial charge is 0.276 e. The van der Waals surface area contributed by atoms with E-state index in [0.29, 0.717) is 24.3 Å². The molecule has 0 unspecified atom stereocenters. The van der Waals surface area contributed by atoms with Crippen LogP contribution in [0.1, 0.15) is 28.0 Å². The molecule has 0 spiro atoms. The fraction of sp³-hybridized carbons (Fsp3) is 0.182. The average molecular weight is 361 g/mol. The normalized spacial score (nSPS) is 13.1. The molecular formula is C22H20FN3O. The number of hydrogen-bond donors (Lipinski definition) is 1. The molecule has 4 rings (SSSR count). The van der Waals surface area contributed by atoms with Gasteiger partial charge in [0.1, 0.15) is 11.5 Å². The van der Waals surface area contributed by atoms with Gasteiger partial charge in [0.25, 0.3) is 5.91 Å². The number of hydrogen-bond acceptors (Lipinski definition) is 3. The molecule has 0 atom stereocenters. The highest BCUT2D eigenvalue weighted by Crippen LogP contribution is 2.27. The number of anilines is 2. The lowest BCUT2D eigenvalue weighted by molar-refractivity contribution is 0.0980. The van der Waals surface area contributed by atoms with Crippen LogP contribution in [0.25, 0.3) is 0 Å². The molecule has 1 N–H and O–H groups in total. The summed E-state index contributed by atoms with van der Waals surface area (Å²) >= 11 is 0. The number of pyridine rings is 1. The predicted molar refractivity (Wildman–Crippen MR) is 104 cm³/mol. The van der Waals surface area contributed by atoms with E-state index in [1.807, 2.05) is 18.2 Å². The number of amides is 1. The molecule has 4 nitrogen and oxygen atoms in total. The van der Waals surface area contributed by atoms with Gasteiger partial charge in [-0.25, -0.2) is 9.37 Å². The second-order valence-electron chi connectivity index (χ2n) is 6.57. The molecule has 1 aliphatic rings. The van der Waals surface area contributed by atoms with Gasteiger partial charge in [0.15, 0.2) is 0 Å². The third kappa shape index (κ3) is 3.67. The highest BCUT2D eigenvalue weighted by Gasteiger charge is 2.23. The van der Waals surface area contributed by atoms with Crippen LogP contribution in [0.2, 0.25) is 0 Å². The van der Waals surface area contributed by atoms with Gasteiger partial charge < -0.3 is 10.2 Å². The van der Waals surface area contributed by atoms with Crippen molar-refractivity contribution < 1.29 is 9.18 Å². The minimum Gasteiger partial charge on any atom is -0.380 e. The lowest BCUT2D eigenvalue weighted by Gasteiger charge is -2.29. The zero-order valence-corrected chi connectivity index (χ0v) is 14.9. The molecule has 2 heterocycles. The standard InChI is InChI=1S/C22H20FN3O/c23-19-9-3-1-7-17(19)14-24-18-11-12-20(25-15-18)22(27)26-13-5-8-16-6-2-4-10-21(16)26/h1-4,6-7,9-12,15,24H,5,8,13-14H2. The number of nitrogens with one attached hydrogen (secondary N) is 1. The molecule has 0 aliphatic carbocycles. The Morgan fingerprint density at radius 3 is 2.70 bits per heavy atom. The van der Waals surface area contributed by atoms with E-state index >= 15 is 0 Å².